The van der Waals surface area contributed by atoms with Crippen LogP contribution in [-0.4, -0.2) is 22.1 Å². The molecule has 3 heteroatoms. The normalized spacial score (nSPS) is 25.4. The van der Waals surface area contributed by atoms with Crippen molar-refractivity contribution in [2.75, 3.05) is 0 Å². The Hall–Kier alpha value is -0.540. The molecule has 2 rings (SSSR count). The van der Waals surface area contributed by atoms with Gasteiger partial charge in [-0.3, -0.25) is 4.90 Å². The van der Waals surface area contributed by atoms with Crippen molar-refractivity contribution in [3.05, 3.63) is 28.2 Å². The van der Waals surface area contributed by atoms with Crippen LogP contribution in [0.3, 0.4) is 0 Å². The fraction of sp³-hybridized carbons (Fsp3) is 0.571. The molecule has 2 unspecified atom stereocenters. The summed E-state index contributed by atoms with van der Waals surface area (Å²) in [7, 11) is 0. The summed E-state index contributed by atoms with van der Waals surface area (Å²) in [6.45, 7) is 5.56. The van der Waals surface area contributed by atoms with Gasteiger partial charge in [-0.05, 0) is 59.8 Å². The molecule has 0 amide bonds. The maximum atomic E-state index is 9.49. The van der Waals surface area contributed by atoms with E-state index in [1.807, 2.05) is 12.1 Å². The molecule has 1 fully saturated rings. The van der Waals surface area contributed by atoms with Crippen molar-refractivity contribution in [1.29, 1.82) is 0 Å². The van der Waals surface area contributed by atoms with Crippen LogP contribution in [0, 0.1) is 0 Å². The minimum Gasteiger partial charge on any atom is -0.507 e. The van der Waals surface area contributed by atoms with Gasteiger partial charge in [0.1, 0.15) is 5.75 Å². The number of benzene rings is 1. The maximum Gasteiger partial charge on any atom is 0.129 e. The topological polar surface area (TPSA) is 23.5 Å². The highest BCUT2D eigenvalue weighted by atomic mass is 79.9. The third-order valence-electron chi connectivity index (χ3n) is 3.80. The second kappa shape index (κ2) is 5.40. The van der Waals surface area contributed by atoms with Gasteiger partial charge in [-0.1, -0.05) is 13.0 Å². The van der Waals surface area contributed by atoms with Crippen molar-refractivity contribution >= 4 is 15.9 Å². The van der Waals surface area contributed by atoms with Crippen molar-refractivity contribution in [2.45, 2.75) is 51.7 Å². The molecule has 0 spiro atoms. The number of halogens is 1. The number of phenolic OH excluding ortho intramolecular Hbond substituents is 1. The summed E-state index contributed by atoms with van der Waals surface area (Å²) in [5.41, 5.74) is 1.27. The first-order valence-electron chi connectivity index (χ1n) is 6.35. The van der Waals surface area contributed by atoms with E-state index in [0.29, 0.717) is 11.8 Å². The average Bonchev–Trinajstić information content (AvgIpc) is 2.65. The van der Waals surface area contributed by atoms with Crippen LogP contribution >= 0.6 is 15.9 Å². The van der Waals surface area contributed by atoms with Crippen LogP contribution in [0.15, 0.2) is 22.7 Å². The predicted octanol–water partition coefficient (Wildman–Crippen LogP) is 3.92. The van der Waals surface area contributed by atoms with E-state index in [-0.39, 0.29) is 0 Å². The van der Waals surface area contributed by atoms with Crippen molar-refractivity contribution < 1.29 is 5.11 Å². The Labute approximate surface area is 112 Å². The molecule has 1 N–H and O–H groups in total. The van der Waals surface area contributed by atoms with Crippen molar-refractivity contribution in [1.82, 2.24) is 4.90 Å². The van der Waals surface area contributed by atoms with Gasteiger partial charge in [0, 0.05) is 18.6 Å². The van der Waals surface area contributed by atoms with Gasteiger partial charge in [0.25, 0.3) is 0 Å². The summed E-state index contributed by atoms with van der Waals surface area (Å²) in [6, 6.07) is 7.19. The first-order chi connectivity index (χ1) is 8.11. The van der Waals surface area contributed by atoms with Gasteiger partial charge < -0.3 is 5.11 Å². The SMILES string of the molecule is CCC1CCC(C)N1Cc1ccc(O)c(Br)c1. The Balaban J connectivity index is 2.11. The van der Waals surface area contributed by atoms with E-state index in [9.17, 15) is 5.11 Å². The fourth-order valence-electron chi connectivity index (χ4n) is 2.71. The highest BCUT2D eigenvalue weighted by Gasteiger charge is 2.28. The molecule has 0 saturated carbocycles. The third kappa shape index (κ3) is 2.83. The lowest BCUT2D eigenvalue weighted by atomic mass is 10.1. The smallest absolute Gasteiger partial charge is 0.129 e. The molecular weight excluding hydrogens is 278 g/mol. The molecular formula is C14H20BrNO. The summed E-state index contributed by atoms with van der Waals surface area (Å²) in [4.78, 5) is 2.58. The van der Waals surface area contributed by atoms with Gasteiger partial charge in [0.05, 0.1) is 4.47 Å². The zero-order valence-corrected chi connectivity index (χ0v) is 12.1. The lowest BCUT2D eigenvalue weighted by molar-refractivity contribution is 0.189. The predicted molar refractivity (Wildman–Crippen MR) is 74.1 cm³/mol. The highest BCUT2D eigenvalue weighted by molar-refractivity contribution is 9.10. The molecule has 2 nitrogen and oxygen atoms in total. The molecule has 1 aliphatic heterocycles. The lowest BCUT2D eigenvalue weighted by Gasteiger charge is -2.27. The Morgan fingerprint density at radius 2 is 2.18 bits per heavy atom. The summed E-state index contributed by atoms with van der Waals surface area (Å²) in [6.07, 6.45) is 3.85. The summed E-state index contributed by atoms with van der Waals surface area (Å²) < 4.78 is 0.787. The molecule has 0 bridgehead atoms. The van der Waals surface area contributed by atoms with Crippen molar-refractivity contribution in [3.8, 4) is 5.75 Å². The fourth-order valence-corrected chi connectivity index (χ4v) is 3.13. The van der Waals surface area contributed by atoms with Crippen LogP contribution in [0.5, 0.6) is 5.75 Å². The molecule has 1 aromatic carbocycles. The molecule has 94 valence electrons. The van der Waals surface area contributed by atoms with E-state index in [4.69, 9.17) is 0 Å². The minimum absolute atomic E-state index is 0.315. The third-order valence-corrected chi connectivity index (χ3v) is 4.44. The first kappa shape index (κ1) is 12.9. The van der Waals surface area contributed by atoms with Gasteiger partial charge >= 0.3 is 0 Å². The zero-order valence-electron chi connectivity index (χ0n) is 10.5. The monoisotopic (exact) mass is 297 g/mol. The molecule has 0 aromatic heterocycles. The molecule has 17 heavy (non-hydrogen) atoms. The molecule has 1 aromatic rings. The summed E-state index contributed by atoms with van der Waals surface area (Å²) in [5, 5.41) is 9.49. The van der Waals surface area contributed by atoms with Crippen LogP contribution in [0.2, 0.25) is 0 Å². The Morgan fingerprint density at radius 1 is 1.41 bits per heavy atom. The van der Waals surface area contributed by atoms with Gasteiger partial charge in [0.2, 0.25) is 0 Å². The molecule has 1 aliphatic rings. The van der Waals surface area contributed by atoms with Crippen LogP contribution < -0.4 is 0 Å². The van der Waals surface area contributed by atoms with Crippen LogP contribution in [-0.2, 0) is 6.54 Å². The number of rotatable bonds is 3. The van der Waals surface area contributed by atoms with Gasteiger partial charge in [-0.2, -0.15) is 0 Å². The molecule has 1 heterocycles. The number of nitrogens with zero attached hydrogens (tertiary/aromatic N) is 1. The van der Waals surface area contributed by atoms with Crippen molar-refractivity contribution in [2.24, 2.45) is 0 Å². The lowest BCUT2D eigenvalue weighted by Crippen LogP contribution is -2.33. The quantitative estimate of drug-likeness (QED) is 0.914. The van der Waals surface area contributed by atoms with E-state index in [2.05, 4.69) is 34.7 Å². The standard InChI is InChI=1S/C14H20BrNO/c1-3-12-6-4-10(2)16(12)9-11-5-7-14(17)13(15)8-11/h5,7-8,10,12,17H,3-4,6,9H2,1-2H3. The van der Waals surface area contributed by atoms with Crippen molar-refractivity contribution in [3.63, 3.8) is 0 Å². The van der Waals surface area contributed by atoms with E-state index < -0.39 is 0 Å². The Morgan fingerprint density at radius 3 is 2.82 bits per heavy atom. The van der Waals surface area contributed by atoms with Gasteiger partial charge in [-0.25, -0.2) is 0 Å². The van der Waals surface area contributed by atoms with E-state index in [1.54, 1.807) is 6.07 Å². The molecule has 2 atom stereocenters. The molecule has 1 saturated heterocycles. The number of phenols is 1. The number of hydrogen-bond donors (Lipinski definition) is 1. The zero-order chi connectivity index (χ0) is 12.4. The summed E-state index contributed by atoms with van der Waals surface area (Å²) >= 11 is 3.37. The number of aromatic hydroxyl groups is 1. The number of likely N-dealkylation sites (tertiary alicyclic amines) is 1. The van der Waals surface area contributed by atoms with Gasteiger partial charge in [-0.15, -0.1) is 0 Å². The minimum atomic E-state index is 0.315. The maximum absolute atomic E-state index is 9.49. The second-order valence-corrected chi connectivity index (χ2v) is 5.80. The first-order valence-corrected chi connectivity index (χ1v) is 7.14. The average molecular weight is 298 g/mol. The van der Waals surface area contributed by atoms with E-state index in [1.165, 1.54) is 24.8 Å². The Bertz CT molecular complexity index is 394. The molecule has 0 radical (unpaired) electrons. The highest BCUT2D eigenvalue weighted by Crippen LogP contribution is 2.30. The molecule has 0 aliphatic carbocycles. The van der Waals surface area contributed by atoms with Crippen LogP contribution in [0.1, 0.15) is 38.7 Å². The van der Waals surface area contributed by atoms with Crippen LogP contribution in [0.4, 0.5) is 0 Å². The second-order valence-electron chi connectivity index (χ2n) is 4.95. The number of hydrogen-bond acceptors (Lipinski definition) is 2. The van der Waals surface area contributed by atoms with Crippen LogP contribution in [0.25, 0.3) is 0 Å². The Kier molecular flexibility index (Phi) is 4.10. The van der Waals surface area contributed by atoms with E-state index in [0.717, 1.165) is 17.1 Å². The largest absolute Gasteiger partial charge is 0.507 e. The summed E-state index contributed by atoms with van der Waals surface area (Å²) in [5.74, 6) is 0.315. The van der Waals surface area contributed by atoms with E-state index >= 15 is 0 Å². The van der Waals surface area contributed by atoms with Gasteiger partial charge in [0.15, 0.2) is 0 Å².